The maximum Gasteiger partial charge on any atom is 0.189 e. The van der Waals surface area contributed by atoms with Gasteiger partial charge in [0, 0.05) is 49.0 Å². The Morgan fingerprint density at radius 2 is 1.27 bits per heavy atom. The van der Waals surface area contributed by atoms with Gasteiger partial charge in [0.05, 0.1) is 11.4 Å². The fraction of sp³-hybridized carbons (Fsp3) is 0.368. The quantitative estimate of drug-likeness (QED) is 0.0697. The number of fused-ring (bicyclic) bond motifs is 2. The molecule has 0 amide bonds. The Morgan fingerprint density at radius 1 is 0.708 bits per heavy atom. The van der Waals surface area contributed by atoms with E-state index in [2.05, 4.69) is 118 Å². The van der Waals surface area contributed by atoms with Crippen molar-refractivity contribution in [1.82, 2.24) is 29.5 Å². The van der Waals surface area contributed by atoms with E-state index in [9.17, 15) is 0 Å². The maximum absolute atomic E-state index is 6.01. The number of hydrogen-bond donors (Lipinski definition) is 1. The Labute approximate surface area is 294 Å². The first-order valence-corrected chi connectivity index (χ1v) is 22.5. The lowest BCUT2D eigenvalue weighted by Gasteiger charge is -2.16. The van der Waals surface area contributed by atoms with Crippen molar-refractivity contribution < 1.29 is 4.74 Å². The lowest BCUT2D eigenvalue weighted by atomic mass is 10.0. The van der Waals surface area contributed by atoms with Crippen LogP contribution in [0.25, 0.3) is 44.6 Å². The molecule has 252 valence electrons. The predicted molar refractivity (Wildman–Crippen MR) is 208 cm³/mol. The lowest BCUT2D eigenvalue weighted by molar-refractivity contribution is 0.0897. The van der Waals surface area contributed by atoms with E-state index in [0.29, 0.717) is 6.73 Å². The summed E-state index contributed by atoms with van der Waals surface area (Å²) in [6, 6.07) is 14.2. The molecule has 0 aliphatic carbocycles. The second-order valence-electron chi connectivity index (χ2n) is 13.8. The van der Waals surface area contributed by atoms with Crippen LogP contribution >= 0.6 is 23.5 Å². The standard InChI is InChI=1S/C22H31N3OSSi.C16H17N3S/c1-15-8-9-18(16(2)12-15)20-19-17(3)13-25(14-26-10-11-28(5,6)7)21(19)24-22(23-20)27-4;1-9-5-6-12(10(2)7-9)14-13-11(3)8-17-15(13)19-16(18-14)20-4/h8-9,12-13H,10-11,14H2,1-7H3;5-8H,1-4H3,(H,17,18,19). The summed E-state index contributed by atoms with van der Waals surface area (Å²) in [5, 5.41) is 3.84. The number of nitrogens with one attached hydrogen (secondary N) is 1. The highest BCUT2D eigenvalue weighted by Crippen LogP contribution is 2.34. The summed E-state index contributed by atoms with van der Waals surface area (Å²) in [5.41, 5.74) is 13.7. The number of thioether (sulfide) groups is 2. The SMILES string of the molecule is CSc1nc(-c2ccc(C)cc2C)c2c(C)c[nH]c2n1.CSc1nc(-c2ccc(C)cc2C)c2c(C)cn(COCC[Si](C)(C)C)c2n1. The van der Waals surface area contributed by atoms with E-state index in [1.165, 1.54) is 50.6 Å². The summed E-state index contributed by atoms with van der Waals surface area (Å²) >= 11 is 3.15. The second kappa shape index (κ2) is 15.0. The average molecular weight is 697 g/mol. The monoisotopic (exact) mass is 696 g/mol. The highest BCUT2D eigenvalue weighted by atomic mass is 32.2. The summed E-state index contributed by atoms with van der Waals surface area (Å²) in [7, 11) is -1.09. The Bertz CT molecular complexity index is 2080. The first kappa shape index (κ1) is 35.9. The number of H-pyrrole nitrogens is 1. The first-order chi connectivity index (χ1) is 22.8. The number of rotatable bonds is 9. The molecule has 6 rings (SSSR count). The number of aromatic amines is 1. The third-order valence-electron chi connectivity index (χ3n) is 8.46. The highest BCUT2D eigenvalue weighted by molar-refractivity contribution is 7.98. The highest BCUT2D eigenvalue weighted by Gasteiger charge is 2.19. The number of aryl methyl sites for hydroxylation is 6. The van der Waals surface area contributed by atoms with Crippen LogP contribution in [0.4, 0.5) is 0 Å². The Balaban J connectivity index is 0.000000198. The molecular formula is C38H48N6OS2Si. The van der Waals surface area contributed by atoms with Gasteiger partial charge in [-0.1, -0.05) is 90.7 Å². The zero-order valence-electron chi connectivity index (χ0n) is 30.2. The van der Waals surface area contributed by atoms with E-state index in [1.54, 1.807) is 23.5 Å². The van der Waals surface area contributed by atoms with Crippen molar-refractivity contribution in [3.63, 3.8) is 0 Å². The summed E-state index contributed by atoms with van der Waals surface area (Å²) in [4.78, 5) is 22.2. The van der Waals surface area contributed by atoms with E-state index in [0.717, 1.165) is 50.4 Å². The van der Waals surface area contributed by atoms with Gasteiger partial charge in [-0.15, -0.1) is 0 Å². The molecule has 7 nitrogen and oxygen atoms in total. The molecule has 0 saturated heterocycles. The molecule has 0 saturated carbocycles. The largest absolute Gasteiger partial charge is 0.361 e. The molecule has 0 aliphatic rings. The van der Waals surface area contributed by atoms with E-state index >= 15 is 0 Å². The molecule has 0 spiro atoms. The average Bonchev–Trinajstić information content (AvgIpc) is 3.57. The van der Waals surface area contributed by atoms with Crippen LogP contribution in [0, 0.1) is 41.5 Å². The number of aromatic nitrogens is 6. The van der Waals surface area contributed by atoms with E-state index in [-0.39, 0.29) is 0 Å². The minimum absolute atomic E-state index is 0.534. The molecular weight excluding hydrogens is 649 g/mol. The van der Waals surface area contributed by atoms with Gasteiger partial charge in [-0.2, -0.15) is 0 Å². The maximum atomic E-state index is 6.01. The van der Waals surface area contributed by atoms with Gasteiger partial charge in [0.25, 0.3) is 0 Å². The van der Waals surface area contributed by atoms with Crippen molar-refractivity contribution in [1.29, 1.82) is 0 Å². The van der Waals surface area contributed by atoms with Crippen LogP contribution < -0.4 is 0 Å². The van der Waals surface area contributed by atoms with E-state index in [1.807, 2.05) is 18.7 Å². The third kappa shape index (κ3) is 8.05. The Hall–Kier alpha value is -3.44. The molecule has 0 radical (unpaired) electrons. The molecule has 0 atom stereocenters. The zero-order valence-corrected chi connectivity index (χ0v) is 32.8. The summed E-state index contributed by atoms with van der Waals surface area (Å²) in [5.74, 6) is 0. The fourth-order valence-corrected chi connectivity index (χ4v) is 7.38. The molecule has 4 heterocycles. The Kier molecular flexibility index (Phi) is 11.2. The summed E-state index contributed by atoms with van der Waals surface area (Å²) in [6.07, 6.45) is 8.17. The normalized spacial score (nSPS) is 11.7. The van der Waals surface area contributed by atoms with Crippen LogP contribution in [-0.2, 0) is 11.5 Å². The van der Waals surface area contributed by atoms with E-state index < -0.39 is 8.07 Å². The van der Waals surface area contributed by atoms with Gasteiger partial charge < -0.3 is 14.3 Å². The number of ether oxygens (including phenoxy) is 1. The van der Waals surface area contributed by atoms with Crippen LogP contribution in [0.5, 0.6) is 0 Å². The molecule has 2 aromatic carbocycles. The van der Waals surface area contributed by atoms with Gasteiger partial charge in [0.2, 0.25) is 0 Å². The van der Waals surface area contributed by atoms with Crippen molar-refractivity contribution in [3.05, 3.63) is 82.2 Å². The van der Waals surface area contributed by atoms with Crippen LogP contribution in [0.15, 0.2) is 59.1 Å². The van der Waals surface area contributed by atoms with Gasteiger partial charge >= 0.3 is 0 Å². The minimum Gasteiger partial charge on any atom is -0.361 e. The predicted octanol–water partition coefficient (Wildman–Crippen LogP) is 10.3. The molecule has 0 aliphatic heterocycles. The van der Waals surface area contributed by atoms with Crippen molar-refractivity contribution in [2.75, 3.05) is 19.1 Å². The van der Waals surface area contributed by atoms with Crippen molar-refractivity contribution >= 4 is 53.7 Å². The fourth-order valence-electron chi connectivity index (χ4n) is 5.90. The van der Waals surface area contributed by atoms with Crippen molar-refractivity contribution in [2.45, 2.75) is 84.3 Å². The Morgan fingerprint density at radius 3 is 1.81 bits per heavy atom. The molecule has 48 heavy (non-hydrogen) atoms. The molecule has 0 fully saturated rings. The molecule has 10 heteroatoms. The summed E-state index contributed by atoms with van der Waals surface area (Å²) in [6.45, 7) is 21.2. The van der Waals surface area contributed by atoms with Gasteiger partial charge in [0.1, 0.15) is 18.0 Å². The first-order valence-electron chi connectivity index (χ1n) is 16.3. The third-order valence-corrected chi connectivity index (χ3v) is 11.3. The van der Waals surface area contributed by atoms with Gasteiger partial charge in [-0.3, -0.25) is 0 Å². The number of hydrogen-bond acceptors (Lipinski definition) is 7. The van der Waals surface area contributed by atoms with Crippen LogP contribution in [-0.4, -0.2) is 56.7 Å². The van der Waals surface area contributed by atoms with Crippen molar-refractivity contribution in [2.24, 2.45) is 0 Å². The zero-order chi connectivity index (χ0) is 34.7. The van der Waals surface area contributed by atoms with Gasteiger partial charge in [-0.05, 0) is 82.4 Å². The molecule has 4 aromatic heterocycles. The molecule has 1 N–H and O–H groups in total. The topological polar surface area (TPSA) is 81.5 Å². The van der Waals surface area contributed by atoms with Gasteiger partial charge in [-0.25, -0.2) is 19.9 Å². The smallest absolute Gasteiger partial charge is 0.189 e. The number of benzene rings is 2. The van der Waals surface area contributed by atoms with Gasteiger partial charge in [0.15, 0.2) is 10.3 Å². The van der Waals surface area contributed by atoms with Crippen LogP contribution in [0.2, 0.25) is 25.7 Å². The number of nitrogens with zero attached hydrogens (tertiary/aromatic N) is 5. The molecule has 6 aromatic rings. The second-order valence-corrected chi connectivity index (χ2v) is 20.9. The van der Waals surface area contributed by atoms with E-state index in [4.69, 9.17) is 19.7 Å². The molecule has 0 unspecified atom stereocenters. The lowest BCUT2D eigenvalue weighted by Crippen LogP contribution is -2.22. The van der Waals surface area contributed by atoms with Crippen LogP contribution in [0.3, 0.4) is 0 Å². The molecule has 0 bridgehead atoms. The van der Waals surface area contributed by atoms with Crippen molar-refractivity contribution in [3.8, 4) is 22.5 Å². The van der Waals surface area contributed by atoms with Crippen LogP contribution in [0.1, 0.15) is 33.4 Å². The summed E-state index contributed by atoms with van der Waals surface area (Å²) < 4.78 is 8.13. The minimum atomic E-state index is -1.09.